The molecule has 1 fully saturated rings. The number of rotatable bonds is 4. The van der Waals surface area contributed by atoms with Gasteiger partial charge in [-0.2, -0.15) is 0 Å². The number of halogens is 1. The quantitative estimate of drug-likeness (QED) is 0.757. The van der Waals surface area contributed by atoms with Gasteiger partial charge >= 0.3 is 0 Å². The molecule has 0 atom stereocenters. The third kappa shape index (κ3) is 3.35. The van der Waals surface area contributed by atoms with Crippen LogP contribution in [-0.2, 0) is 11.3 Å². The summed E-state index contributed by atoms with van der Waals surface area (Å²) < 4.78 is 24.6. The second-order valence-corrected chi connectivity index (χ2v) is 7.02. The van der Waals surface area contributed by atoms with Crippen molar-refractivity contribution in [3.8, 4) is 0 Å². The van der Waals surface area contributed by atoms with Crippen molar-refractivity contribution in [1.82, 2.24) is 9.88 Å². The molecule has 1 amide bonds. The summed E-state index contributed by atoms with van der Waals surface area (Å²) in [6.45, 7) is 5.69. The Kier molecular flexibility index (Phi) is 4.71. The van der Waals surface area contributed by atoms with Crippen LogP contribution in [0.5, 0.6) is 0 Å². The maximum absolute atomic E-state index is 13.8. The number of benzene rings is 1. The van der Waals surface area contributed by atoms with Crippen LogP contribution in [0.15, 0.2) is 28.0 Å². The van der Waals surface area contributed by atoms with Gasteiger partial charge in [0.25, 0.3) is 5.91 Å². The standard InChI is InChI=1S/C18H18FN3O3S/c1-11-13-3-2-4-14(19)16(13)25-15(11)17(23)21-18-20-12(10-26-18)9-22-5-7-24-8-6-22/h2-4,10H,5-9H2,1H3,(H,20,21,23). The minimum absolute atomic E-state index is 0.0993. The Balaban J connectivity index is 1.48. The van der Waals surface area contributed by atoms with Gasteiger partial charge in [0.1, 0.15) is 0 Å². The molecular formula is C18H18FN3O3S. The number of para-hydroxylation sites is 1. The van der Waals surface area contributed by atoms with Crippen LogP contribution in [0.4, 0.5) is 9.52 Å². The minimum atomic E-state index is -0.480. The third-order valence-electron chi connectivity index (χ3n) is 4.38. The summed E-state index contributed by atoms with van der Waals surface area (Å²) in [7, 11) is 0. The number of aryl methyl sites for hydroxylation is 1. The molecule has 8 heteroatoms. The average Bonchev–Trinajstić information content (AvgIpc) is 3.21. The number of carbonyl (C=O) groups excluding carboxylic acids is 1. The van der Waals surface area contributed by atoms with E-state index in [-0.39, 0.29) is 11.3 Å². The fourth-order valence-corrected chi connectivity index (χ4v) is 3.70. The highest BCUT2D eigenvalue weighted by Gasteiger charge is 2.21. The zero-order valence-corrected chi connectivity index (χ0v) is 15.1. The molecule has 0 radical (unpaired) electrons. The van der Waals surface area contributed by atoms with E-state index in [0.29, 0.717) is 16.1 Å². The van der Waals surface area contributed by atoms with E-state index >= 15 is 0 Å². The van der Waals surface area contributed by atoms with Crippen LogP contribution in [0.25, 0.3) is 11.0 Å². The van der Waals surface area contributed by atoms with Crippen molar-refractivity contribution in [2.75, 3.05) is 31.6 Å². The van der Waals surface area contributed by atoms with Gasteiger partial charge < -0.3 is 9.15 Å². The SMILES string of the molecule is Cc1c(C(=O)Nc2nc(CN3CCOCC3)cs2)oc2c(F)cccc12. The minimum Gasteiger partial charge on any atom is -0.448 e. The molecule has 1 saturated heterocycles. The van der Waals surface area contributed by atoms with Crippen molar-refractivity contribution in [2.24, 2.45) is 0 Å². The second-order valence-electron chi connectivity index (χ2n) is 6.16. The summed E-state index contributed by atoms with van der Waals surface area (Å²) in [6.07, 6.45) is 0. The number of carbonyl (C=O) groups is 1. The number of hydrogen-bond acceptors (Lipinski definition) is 6. The Bertz CT molecular complexity index is 946. The maximum atomic E-state index is 13.8. The van der Waals surface area contributed by atoms with E-state index in [1.165, 1.54) is 17.4 Å². The van der Waals surface area contributed by atoms with Crippen molar-refractivity contribution < 1.29 is 18.3 Å². The van der Waals surface area contributed by atoms with Crippen molar-refractivity contribution in [1.29, 1.82) is 0 Å². The Labute approximate surface area is 153 Å². The Morgan fingerprint density at radius 1 is 1.38 bits per heavy atom. The van der Waals surface area contributed by atoms with E-state index < -0.39 is 11.7 Å². The molecule has 0 saturated carbocycles. The topological polar surface area (TPSA) is 67.6 Å². The van der Waals surface area contributed by atoms with E-state index in [4.69, 9.17) is 9.15 Å². The number of anilines is 1. The first-order valence-corrected chi connectivity index (χ1v) is 9.23. The molecular weight excluding hydrogens is 357 g/mol. The molecule has 2 aromatic heterocycles. The first kappa shape index (κ1) is 17.1. The molecule has 136 valence electrons. The van der Waals surface area contributed by atoms with Crippen LogP contribution < -0.4 is 5.32 Å². The summed E-state index contributed by atoms with van der Waals surface area (Å²) >= 11 is 1.36. The molecule has 1 N–H and O–H groups in total. The predicted molar refractivity (Wildman–Crippen MR) is 97.1 cm³/mol. The lowest BCUT2D eigenvalue weighted by molar-refractivity contribution is 0.0337. The Morgan fingerprint density at radius 2 is 2.19 bits per heavy atom. The van der Waals surface area contributed by atoms with Crippen LogP contribution in [0.1, 0.15) is 21.8 Å². The van der Waals surface area contributed by atoms with E-state index in [0.717, 1.165) is 38.5 Å². The molecule has 0 aliphatic carbocycles. The van der Waals surface area contributed by atoms with Gasteiger partial charge in [-0.3, -0.25) is 15.0 Å². The summed E-state index contributed by atoms with van der Waals surface area (Å²) in [5, 5.41) is 5.77. The summed E-state index contributed by atoms with van der Waals surface area (Å²) in [6, 6.07) is 4.64. The number of amides is 1. The highest BCUT2D eigenvalue weighted by Crippen LogP contribution is 2.28. The van der Waals surface area contributed by atoms with Crippen LogP contribution in [0, 0.1) is 12.7 Å². The van der Waals surface area contributed by atoms with Crippen LogP contribution >= 0.6 is 11.3 Å². The molecule has 26 heavy (non-hydrogen) atoms. The molecule has 0 bridgehead atoms. The Hall–Kier alpha value is -2.29. The summed E-state index contributed by atoms with van der Waals surface area (Å²) in [4.78, 5) is 19.2. The number of furan rings is 1. The smallest absolute Gasteiger partial charge is 0.293 e. The fraction of sp³-hybridized carbons (Fsp3) is 0.333. The molecule has 1 aliphatic heterocycles. The van der Waals surface area contributed by atoms with E-state index in [9.17, 15) is 9.18 Å². The number of nitrogens with zero attached hydrogens (tertiary/aromatic N) is 2. The highest BCUT2D eigenvalue weighted by atomic mass is 32.1. The van der Waals surface area contributed by atoms with E-state index in [1.807, 2.05) is 5.38 Å². The largest absolute Gasteiger partial charge is 0.448 e. The van der Waals surface area contributed by atoms with Gasteiger partial charge in [-0.05, 0) is 13.0 Å². The van der Waals surface area contributed by atoms with Gasteiger partial charge in [-0.1, -0.05) is 12.1 Å². The lowest BCUT2D eigenvalue weighted by Crippen LogP contribution is -2.35. The van der Waals surface area contributed by atoms with Crippen molar-refractivity contribution in [3.05, 3.63) is 46.4 Å². The summed E-state index contributed by atoms with van der Waals surface area (Å²) in [5.41, 5.74) is 1.61. The predicted octanol–water partition coefficient (Wildman–Crippen LogP) is 3.42. The van der Waals surface area contributed by atoms with Gasteiger partial charge in [0.2, 0.25) is 0 Å². The number of hydrogen-bond donors (Lipinski definition) is 1. The first-order valence-electron chi connectivity index (χ1n) is 8.35. The van der Waals surface area contributed by atoms with Gasteiger partial charge in [0.15, 0.2) is 22.3 Å². The lowest BCUT2D eigenvalue weighted by Gasteiger charge is -2.25. The van der Waals surface area contributed by atoms with Gasteiger partial charge in [-0.15, -0.1) is 11.3 Å². The zero-order valence-electron chi connectivity index (χ0n) is 14.3. The lowest BCUT2D eigenvalue weighted by atomic mass is 10.1. The molecule has 1 aromatic carbocycles. The van der Waals surface area contributed by atoms with Crippen LogP contribution in [0.3, 0.4) is 0 Å². The molecule has 3 aromatic rings. The van der Waals surface area contributed by atoms with E-state index in [1.54, 1.807) is 19.1 Å². The normalized spacial score (nSPS) is 15.5. The van der Waals surface area contributed by atoms with Crippen LogP contribution in [0.2, 0.25) is 0 Å². The number of thiazole rings is 1. The maximum Gasteiger partial charge on any atom is 0.293 e. The molecule has 1 aliphatic rings. The Morgan fingerprint density at radius 3 is 2.96 bits per heavy atom. The monoisotopic (exact) mass is 375 g/mol. The van der Waals surface area contributed by atoms with Gasteiger partial charge in [-0.25, -0.2) is 9.37 Å². The fourth-order valence-electron chi connectivity index (χ4n) is 3.00. The molecule has 0 unspecified atom stereocenters. The second kappa shape index (κ2) is 7.14. The van der Waals surface area contributed by atoms with Crippen molar-refractivity contribution in [3.63, 3.8) is 0 Å². The number of aromatic nitrogens is 1. The van der Waals surface area contributed by atoms with E-state index in [2.05, 4.69) is 15.2 Å². The molecule has 3 heterocycles. The number of morpholine rings is 1. The van der Waals surface area contributed by atoms with Crippen molar-refractivity contribution in [2.45, 2.75) is 13.5 Å². The molecule has 6 nitrogen and oxygen atoms in total. The first-order chi connectivity index (χ1) is 12.6. The van der Waals surface area contributed by atoms with Crippen molar-refractivity contribution >= 4 is 33.3 Å². The number of ether oxygens (including phenoxy) is 1. The molecule has 4 rings (SSSR count). The van der Waals surface area contributed by atoms with Gasteiger partial charge in [0, 0.05) is 36.0 Å². The highest BCUT2D eigenvalue weighted by molar-refractivity contribution is 7.13. The number of nitrogens with one attached hydrogen (secondary N) is 1. The summed E-state index contributed by atoms with van der Waals surface area (Å²) in [5.74, 6) is -0.799. The zero-order chi connectivity index (χ0) is 18.1. The number of fused-ring (bicyclic) bond motifs is 1. The van der Waals surface area contributed by atoms with Crippen LogP contribution in [-0.4, -0.2) is 42.1 Å². The molecule has 0 spiro atoms. The van der Waals surface area contributed by atoms with Gasteiger partial charge in [0.05, 0.1) is 18.9 Å². The average molecular weight is 375 g/mol. The third-order valence-corrected chi connectivity index (χ3v) is 5.19.